The van der Waals surface area contributed by atoms with Crippen molar-refractivity contribution < 1.29 is 0 Å². The molecule has 98 valence electrons. The number of nitrogens with zero attached hydrogens (tertiary/aromatic N) is 3. The topological polar surface area (TPSA) is 63.6 Å². The molecule has 0 aliphatic heterocycles. The molecule has 3 rings (SSSR count). The quantitative estimate of drug-likeness (QED) is 0.413. The summed E-state index contributed by atoms with van der Waals surface area (Å²) in [5.41, 5.74) is 8.10. The van der Waals surface area contributed by atoms with E-state index in [1.807, 2.05) is 36.4 Å². The second-order valence-electron chi connectivity index (χ2n) is 4.26. The van der Waals surface area contributed by atoms with E-state index in [9.17, 15) is 0 Å². The molecule has 1 aromatic heterocycles. The minimum atomic E-state index is 0.432. The Labute approximate surface area is 120 Å². The largest absolute Gasteiger partial charge is 0.398 e. The van der Waals surface area contributed by atoms with Crippen LogP contribution in [-0.4, -0.2) is 4.98 Å². The van der Waals surface area contributed by atoms with Crippen LogP contribution in [0.15, 0.2) is 65.0 Å². The Hall–Kier alpha value is -2.46. The Bertz CT molecular complexity index is 781. The van der Waals surface area contributed by atoms with E-state index in [2.05, 4.69) is 15.2 Å². The Morgan fingerprint density at radius 1 is 0.900 bits per heavy atom. The monoisotopic (exact) mass is 282 g/mol. The molecule has 20 heavy (non-hydrogen) atoms. The highest BCUT2D eigenvalue weighted by atomic mass is 35.5. The van der Waals surface area contributed by atoms with Crippen molar-refractivity contribution in [1.29, 1.82) is 0 Å². The predicted molar refractivity (Wildman–Crippen MR) is 81.8 cm³/mol. The number of azo groups is 1. The van der Waals surface area contributed by atoms with Gasteiger partial charge in [-0.2, -0.15) is 0 Å². The molecule has 0 aliphatic carbocycles. The molecule has 2 N–H and O–H groups in total. The molecule has 0 spiro atoms. The number of hydrogen-bond donors (Lipinski definition) is 1. The lowest BCUT2D eigenvalue weighted by Gasteiger charge is -2.03. The van der Waals surface area contributed by atoms with Crippen LogP contribution in [0.2, 0.25) is 5.15 Å². The number of aromatic nitrogens is 1. The van der Waals surface area contributed by atoms with Crippen molar-refractivity contribution in [2.75, 3.05) is 5.73 Å². The van der Waals surface area contributed by atoms with E-state index in [-0.39, 0.29) is 0 Å². The van der Waals surface area contributed by atoms with E-state index in [0.29, 0.717) is 10.8 Å². The van der Waals surface area contributed by atoms with Gasteiger partial charge in [0.1, 0.15) is 10.8 Å². The maximum atomic E-state index is 5.95. The summed E-state index contributed by atoms with van der Waals surface area (Å²) in [5.74, 6) is 0. The second-order valence-corrected chi connectivity index (χ2v) is 4.65. The molecule has 0 radical (unpaired) electrons. The molecule has 0 unspecified atom stereocenters. The number of benzene rings is 2. The third kappa shape index (κ3) is 2.46. The average molecular weight is 283 g/mol. The van der Waals surface area contributed by atoms with Crippen LogP contribution in [0.25, 0.3) is 10.8 Å². The number of nitrogen functional groups attached to an aromatic ring is 1. The number of rotatable bonds is 2. The van der Waals surface area contributed by atoms with Gasteiger partial charge >= 0.3 is 0 Å². The minimum absolute atomic E-state index is 0.432. The first kappa shape index (κ1) is 12.6. The smallest absolute Gasteiger partial charge is 0.129 e. The summed E-state index contributed by atoms with van der Waals surface area (Å²) in [7, 11) is 0. The van der Waals surface area contributed by atoms with Crippen LogP contribution < -0.4 is 5.73 Å². The molecule has 0 atom stereocenters. The Morgan fingerprint density at radius 3 is 2.45 bits per heavy atom. The van der Waals surface area contributed by atoms with Crippen LogP contribution in [-0.2, 0) is 0 Å². The maximum absolute atomic E-state index is 5.95. The molecule has 0 saturated carbocycles. The molecular formula is C15H11ClN4. The summed E-state index contributed by atoms with van der Waals surface area (Å²) in [6.07, 6.45) is 1.57. The van der Waals surface area contributed by atoms with Crippen LogP contribution >= 0.6 is 11.6 Å². The highest BCUT2D eigenvalue weighted by molar-refractivity contribution is 6.29. The van der Waals surface area contributed by atoms with Gasteiger partial charge in [0.15, 0.2) is 0 Å². The number of fused-ring (bicyclic) bond motifs is 1. The molecule has 0 aliphatic rings. The van der Waals surface area contributed by atoms with Crippen LogP contribution in [0.3, 0.4) is 0 Å². The van der Waals surface area contributed by atoms with E-state index in [4.69, 9.17) is 17.3 Å². The van der Waals surface area contributed by atoms with Gasteiger partial charge in [0, 0.05) is 16.5 Å². The number of hydrogen-bond acceptors (Lipinski definition) is 4. The van der Waals surface area contributed by atoms with E-state index in [1.165, 1.54) is 0 Å². The summed E-state index contributed by atoms with van der Waals surface area (Å²) in [6.45, 7) is 0. The highest BCUT2D eigenvalue weighted by Gasteiger charge is 2.02. The van der Waals surface area contributed by atoms with E-state index in [0.717, 1.165) is 22.1 Å². The zero-order valence-corrected chi connectivity index (χ0v) is 11.2. The predicted octanol–water partition coefficient (Wildman–Crippen LogP) is 4.89. The number of anilines is 1. The minimum Gasteiger partial charge on any atom is -0.398 e. The zero-order valence-electron chi connectivity index (χ0n) is 10.5. The molecule has 1 heterocycles. The molecule has 0 saturated heterocycles. The molecule has 0 amide bonds. The van der Waals surface area contributed by atoms with Crippen molar-refractivity contribution in [3.8, 4) is 0 Å². The maximum Gasteiger partial charge on any atom is 0.129 e. The number of halogens is 1. The number of pyridine rings is 1. The van der Waals surface area contributed by atoms with Gasteiger partial charge in [-0.15, -0.1) is 10.2 Å². The molecule has 2 aromatic carbocycles. The standard InChI is InChI=1S/C15H11ClN4/c16-15-8-5-10(9-18-15)19-20-14-7-6-13(17)11-3-1-2-4-12(11)14/h1-9H,17H2. The first-order valence-electron chi connectivity index (χ1n) is 6.04. The summed E-state index contributed by atoms with van der Waals surface area (Å²) in [6, 6.07) is 15.0. The van der Waals surface area contributed by atoms with Gasteiger partial charge in [-0.1, -0.05) is 35.9 Å². The molecular weight excluding hydrogens is 272 g/mol. The lowest BCUT2D eigenvalue weighted by atomic mass is 10.1. The highest BCUT2D eigenvalue weighted by Crippen LogP contribution is 2.31. The third-order valence-electron chi connectivity index (χ3n) is 2.92. The van der Waals surface area contributed by atoms with Gasteiger partial charge < -0.3 is 5.73 Å². The van der Waals surface area contributed by atoms with Crippen molar-refractivity contribution in [3.63, 3.8) is 0 Å². The Morgan fingerprint density at radius 2 is 1.70 bits per heavy atom. The number of nitrogens with two attached hydrogens (primary N) is 1. The van der Waals surface area contributed by atoms with Crippen molar-refractivity contribution >= 4 is 39.4 Å². The summed E-state index contributed by atoms with van der Waals surface area (Å²) in [5, 5.41) is 10.8. The van der Waals surface area contributed by atoms with Crippen molar-refractivity contribution in [2.24, 2.45) is 10.2 Å². The van der Waals surface area contributed by atoms with Crippen molar-refractivity contribution in [3.05, 3.63) is 59.9 Å². The molecule has 5 heteroatoms. The summed E-state index contributed by atoms with van der Waals surface area (Å²) < 4.78 is 0. The normalized spacial score (nSPS) is 11.2. The van der Waals surface area contributed by atoms with E-state index >= 15 is 0 Å². The Balaban J connectivity index is 2.03. The average Bonchev–Trinajstić information content (AvgIpc) is 2.49. The van der Waals surface area contributed by atoms with Gasteiger partial charge in [0.2, 0.25) is 0 Å². The van der Waals surface area contributed by atoms with E-state index in [1.54, 1.807) is 18.3 Å². The van der Waals surface area contributed by atoms with Gasteiger partial charge in [-0.25, -0.2) is 4.98 Å². The van der Waals surface area contributed by atoms with Crippen LogP contribution in [0.5, 0.6) is 0 Å². The first-order valence-corrected chi connectivity index (χ1v) is 6.42. The molecule has 3 aromatic rings. The lowest BCUT2D eigenvalue weighted by molar-refractivity contribution is 1.20. The fraction of sp³-hybridized carbons (Fsp3) is 0. The fourth-order valence-corrected chi connectivity index (χ4v) is 2.04. The first-order chi connectivity index (χ1) is 9.74. The van der Waals surface area contributed by atoms with Gasteiger partial charge in [-0.05, 0) is 24.3 Å². The fourth-order valence-electron chi connectivity index (χ4n) is 1.93. The molecule has 4 nitrogen and oxygen atoms in total. The summed E-state index contributed by atoms with van der Waals surface area (Å²) >= 11 is 5.73. The van der Waals surface area contributed by atoms with Crippen LogP contribution in [0.1, 0.15) is 0 Å². The van der Waals surface area contributed by atoms with Crippen LogP contribution in [0.4, 0.5) is 17.1 Å². The van der Waals surface area contributed by atoms with Crippen LogP contribution in [0, 0.1) is 0 Å². The molecule has 0 bridgehead atoms. The van der Waals surface area contributed by atoms with Crippen molar-refractivity contribution in [1.82, 2.24) is 4.98 Å². The second kappa shape index (κ2) is 5.27. The SMILES string of the molecule is Nc1ccc(N=Nc2ccc(Cl)nc2)c2ccccc12. The van der Waals surface area contributed by atoms with Gasteiger partial charge in [0.05, 0.1) is 11.9 Å². The Kier molecular flexibility index (Phi) is 3.31. The van der Waals surface area contributed by atoms with Gasteiger partial charge in [-0.3, -0.25) is 0 Å². The lowest BCUT2D eigenvalue weighted by Crippen LogP contribution is -1.86. The summed E-state index contributed by atoms with van der Waals surface area (Å²) in [4.78, 5) is 3.96. The van der Waals surface area contributed by atoms with Gasteiger partial charge in [0.25, 0.3) is 0 Å². The third-order valence-corrected chi connectivity index (χ3v) is 3.14. The zero-order chi connectivity index (χ0) is 13.9. The van der Waals surface area contributed by atoms with Crippen molar-refractivity contribution in [2.45, 2.75) is 0 Å². The molecule has 0 fully saturated rings. The van der Waals surface area contributed by atoms with E-state index < -0.39 is 0 Å².